The number of hydrogen-bond acceptors (Lipinski definition) is 4. The minimum atomic E-state index is -3.87. The number of carboxylic acids is 1. The molecule has 0 unspecified atom stereocenters. The molecule has 0 heterocycles. The van der Waals surface area contributed by atoms with Crippen LogP contribution in [-0.4, -0.2) is 25.4 Å². The van der Waals surface area contributed by atoms with Crippen molar-refractivity contribution in [2.45, 2.75) is 37.5 Å². The Hall–Kier alpha value is -1.93. The summed E-state index contributed by atoms with van der Waals surface area (Å²) in [5.41, 5.74) is 0.923. The molecule has 0 radical (unpaired) electrons. The van der Waals surface area contributed by atoms with E-state index in [0.717, 1.165) is 0 Å². The molecule has 2 atom stereocenters. The molecule has 0 aromatic heterocycles. The highest BCUT2D eigenvalue weighted by molar-refractivity contribution is 7.89. The minimum Gasteiger partial charge on any atom is -0.481 e. The van der Waals surface area contributed by atoms with Gasteiger partial charge in [0.2, 0.25) is 15.9 Å². The summed E-state index contributed by atoms with van der Waals surface area (Å²) in [7, 11) is -3.87. The zero-order valence-electron chi connectivity index (χ0n) is 12.8. The van der Waals surface area contributed by atoms with Gasteiger partial charge in [0, 0.05) is 11.6 Å². The van der Waals surface area contributed by atoms with Gasteiger partial charge in [-0.2, -0.15) is 0 Å². The van der Waals surface area contributed by atoms with Gasteiger partial charge in [-0.3, -0.25) is 9.59 Å². The third-order valence-electron chi connectivity index (χ3n) is 4.17. The normalized spacial score (nSPS) is 21.1. The van der Waals surface area contributed by atoms with E-state index >= 15 is 0 Å². The van der Waals surface area contributed by atoms with Crippen LogP contribution in [0.5, 0.6) is 0 Å². The number of nitrogens with two attached hydrogens (primary N) is 1. The molecule has 1 aromatic rings. The zero-order valence-corrected chi connectivity index (χ0v) is 13.6. The number of aliphatic carboxylic acids is 1. The molecule has 0 bridgehead atoms. The molecule has 0 spiro atoms. The topological polar surface area (TPSA) is 127 Å². The summed E-state index contributed by atoms with van der Waals surface area (Å²) in [6, 6.07) is 4.58. The molecule has 1 aliphatic carbocycles. The second-order valence-electron chi connectivity index (χ2n) is 5.76. The van der Waals surface area contributed by atoms with E-state index in [2.05, 4.69) is 5.32 Å². The predicted molar refractivity (Wildman–Crippen MR) is 84.3 cm³/mol. The maximum Gasteiger partial charge on any atom is 0.306 e. The number of carbonyl (C=O) groups excluding carboxylic acids is 1. The van der Waals surface area contributed by atoms with Gasteiger partial charge >= 0.3 is 5.97 Å². The molecular formula is C15H20N2O5S. The van der Waals surface area contributed by atoms with E-state index in [1.165, 1.54) is 6.07 Å². The molecule has 1 fully saturated rings. The van der Waals surface area contributed by atoms with Gasteiger partial charge in [0.05, 0.1) is 10.8 Å². The predicted octanol–water partition coefficient (Wildman–Crippen LogP) is 1.34. The lowest BCUT2D eigenvalue weighted by atomic mass is 10.0. The number of amides is 1. The highest BCUT2D eigenvalue weighted by Gasteiger charge is 2.33. The molecule has 7 nitrogen and oxygen atoms in total. The van der Waals surface area contributed by atoms with E-state index in [1.807, 2.05) is 6.92 Å². The van der Waals surface area contributed by atoms with Crippen LogP contribution >= 0.6 is 0 Å². The Morgan fingerprint density at radius 2 is 1.96 bits per heavy atom. The van der Waals surface area contributed by atoms with Gasteiger partial charge in [0.1, 0.15) is 0 Å². The Balaban J connectivity index is 2.15. The van der Waals surface area contributed by atoms with Crippen LogP contribution in [0.2, 0.25) is 0 Å². The fourth-order valence-corrected chi connectivity index (χ4v) is 3.75. The summed E-state index contributed by atoms with van der Waals surface area (Å²) in [4.78, 5) is 23.1. The number of anilines is 1. The second kappa shape index (κ2) is 6.67. The van der Waals surface area contributed by atoms with Crippen molar-refractivity contribution in [3.63, 3.8) is 0 Å². The number of aryl methyl sites for hydroxylation is 1. The molecule has 1 saturated carbocycles. The Morgan fingerprint density at radius 1 is 1.30 bits per heavy atom. The second-order valence-corrected chi connectivity index (χ2v) is 7.29. The lowest BCUT2D eigenvalue weighted by Crippen LogP contribution is -2.22. The Bertz CT molecular complexity index is 729. The van der Waals surface area contributed by atoms with Crippen molar-refractivity contribution in [3.05, 3.63) is 23.8 Å². The van der Waals surface area contributed by atoms with Gasteiger partial charge in [-0.25, -0.2) is 13.6 Å². The van der Waals surface area contributed by atoms with Crippen LogP contribution in [0, 0.1) is 11.8 Å². The van der Waals surface area contributed by atoms with E-state index in [-0.39, 0.29) is 16.7 Å². The van der Waals surface area contributed by atoms with E-state index in [9.17, 15) is 18.0 Å². The van der Waals surface area contributed by atoms with Crippen molar-refractivity contribution in [3.8, 4) is 0 Å². The molecule has 2 rings (SSSR count). The van der Waals surface area contributed by atoms with Crippen LogP contribution < -0.4 is 10.5 Å². The van der Waals surface area contributed by atoms with Gasteiger partial charge < -0.3 is 10.4 Å². The average Bonchev–Trinajstić information content (AvgIpc) is 2.96. The first kappa shape index (κ1) is 17.4. The van der Waals surface area contributed by atoms with Gasteiger partial charge in [0.25, 0.3) is 0 Å². The lowest BCUT2D eigenvalue weighted by molar-refractivity contribution is -0.141. The van der Waals surface area contributed by atoms with E-state index in [0.29, 0.717) is 36.9 Å². The molecule has 0 saturated heterocycles. The molecule has 1 amide bonds. The fourth-order valence-electron chi connectivity index (χ4n) is 2.88. The first-order chi connectivity index (χ1) is 10.7. The average molecular weight is 340 g/mol. The maximum atomic E-state index is 12.2. The van der Waals surface area contributed by atoms with Crippen LogP contribution in [-0.2, 0) is 26.0 Å². The van der Waals surface area contributed by atoms with Crippen molar-refractivity contribution in [2.75, 3.05) is 5.32 Å². The quantitative estimate of drug-likeness (QED) is 0.745. The number of nitrogens with one attached hydrogen (secondary N) is 1. The number of sulfonamides is 1. The SMILES string of the molecule is CCc1ccc(NC(=O)[C@@H]2CC[C@H](C(=O)O)C2)cc1S(N)(=O)=O. The summed E-state index contributed by atoms with van der Waals surface area (Å²) < 4.78 is 23.2. The van der Waals surface area contributed by atoms with Crippen molar-refractivity contribution < 1.29 is 23.1 Å². The summed E-state index contributed by atoms with van der Waals surface area (Å²) >= 11 is 0. The van der Waals surface area contributed by atoms with E-state index in [1.54, 1.807) is 12.1 Å². The van der Waals surface area contributed by atoms with E-state index < -0.39 is 21.9 Å². The van der Waals surface area contributed by atoms with Crippen LogP contribution in [0.15, 0.2) is 23.1 Å². The molecular weight excluding hydrogens is 320 g/mol. The number of primary sulfonamides is 1. The molecule has 23 heavy (non-hydrogen) atoms. The van der Waals surface area contributed by atoms with Gasteiger partial charge in [-0.15, -0.1) is 0 Å². The molecule has 1 aromatic carbocycles. The van der Waals surface area contributed by atoms with Crippen molar-refractivity contribution in [1.29, 1.82) is 0 Å². The molecule has 4 N–H and O–H groups in total. The number of rotatable bonds is 5. The van der Waals surface area contributed by atoms with Crippen LogP contribution in [0.1, 0.15) is 31.7 Å². The molecule has 1 aliphatic rings. The molecule has 126 valence electrons. The van der Waals surface area contributed by atoms with Crippen molar-refractivity contribution in [2.24, 2.45) is 17.0 Å². The molecule has 8 heteroatoms. The first-order valence-electron chi connectivity index (χ1n) is 7.41. The van der Waals surface area contributed by atoms with E-state index in [4.69, 9.17) is 10.2 Å². The summed E-state index contributed by atoms with van der Waals surface area (Å²) in [5.74, 6) is -2.05. The number of carboxylic acid groups (broad SMARTS) is 1. The Morgan fingerprint density at radius 3 is 2.48 bits per heavy atom. The standard InChI is InChI=1S/C15H20N2O5S/c1-2-9-5-6-12(8-13(9)23(16,21)22)17-14(18)10-3-4-11(7-10)15(19)20/h5-6,8,10-11H,2-4,7H2,1H3,(H,17,18)(H,19,20)(H2,16,21,22)/t10-,11+/m1/s1. The van der Waals surface area contributed by atoms with Gasteiger partial charge in [-0.1, -0.05) is 13.0 Å². The third kappa shape index (κ3) is 4.08. The smallest absolute Gasteiger partial charge is 0.306 e. The largest absolute Gasteiger partial charge is 0.481 e. The molecule has 0 aliphatic heterocycles. The number of carbonyl (C=O) groups is 2. The van der Waals surface area contributed by atoms with Crippen LogP contribution in [0.3, 0.4) is 0 Å². The summed E-state index contributed by atoms with van der Waals surface area (Å²) in [6.45, 7) is 1.81. The Kier molecular flexibility index (Phi) is 5.06. The monoisotopic (exact) mass is 340 g/mol. The Labute approximate surface area is 134 Å². The van der Waals surface area contributed by atoms with Crippen LogP contribution in [0.4, 0.5) is 5.69 Å². The summed E-state index contributed by atoms with van der Waals surface area (Å²) in [6.07, 6.45) is 1.79. The minimum absolute atomic E-state index is 0.00682. The van der Waals surface area contributed by atoms with Gasteiger partial charge in [-0.05, 0) is 43.4 Å². The number of benzene rings is 1. The number of hydrogen-bond donors (Lipinski definition) is 3. The highest BCUT2D eigenvalue weighted by Crippen LogP contribution is 2.32. The van der Waals surface area contributed by atoms with Gasteiger partial charge in [0.15, 0.2) is 0 Å². The third-order valence-corrected chi connectivity index (χ3v) is 5.17. The fraction of sp³-hybridized carbons (Fsp3) is 0.467. The highest BCUT2D eigenvalue weighted by atomic mass is 32.2. The van der Waals surface area contributed by atoms with Crippen LogP contribution in [0.25, 0.3) is 0 Å². The lowest BCUT2D eigenvalue weighted by Gasteiger charge is -2.13. The zero-order chi connectivity index (χ0) is 17.2. The van der Waals surface area contributed by atoms with Crippen molar-refractivity contribution in [1.82, 2.24) is 0 Å². The first-order valence-corrected chi connectivity index (χ1v) is 8.96. The summed E-state index contributed by atoms with van der Waals surface area (Å²) in [5, 5.41) is 16.8. The van der Waals surface area contributed by atoms with Crippen molar-refractivity contribution >= 4 is 27.6 Å². The maximum absolute atomic E-state index is 12.2.